The highest BCUT2D eigenvalue weighted by molar-refractivity contribution is 5.81. The van der Waals surface area contributed by atoms with Gasteiger partial charge in [0.1, 0.15) is 6.61 Å². The van der Waals surface area contributed by atoms with Crippen LogP contribution in [0.2, 0.25) is 0 Å². The Labute approximate surface area is 131 Å². The van der Waals surface area contributed by atoms with E-state index in [1.54, 1.807) is 6.92 Å². The van der Waals surface area contributed by atoms with Crippen molar-refractivity contribution in [3.8, 4) is 0 Å². The second-order valence-corrected chi connectivity index (χ2v) is 4.28. The van der Waals surface area contributed by atoms with E-state index in [4.69, 9.17) is 14.2 Å². The first-order valence-corrected chi connectivity index (χ1v) is 7.59. The Kier molecular flexibility index (Phi) is 19.7. The van der Waals surface area contributed by atoms with Gasteiger partial charge in [-0.05, 0) is 20.8 Å². The molecule has 0 aromatic rings. The smallest absolute Gasteiger partial charge is 0.330 e. The van der Waals surface area contributed by atoms with Gasteiger partial charge in [0.2, 0.25) is 0 Å². The van der Waals surface area contributed by atoms with Crippen LogP contribution in [0.15, 0.2) is 25.0 Å². The van der Waals surface area contributed by atoms with Crippen molar-refractivity contribution in [1.29, 1.82) is 0 Å². The normalized spacial score (nSPS) is 9.29. The first-order valence-electron chi connectivity index (χ1n) is 7.59. The monoisotopic (exact) mass is 302 g/mol. The molecule has 0 heterocycles. The van der Waals surface area contributed by atoms with E-state index in [9.17, 15) is 4.79 Å². The van der Waals surface area contributed by atoms with Gasteiger partial charge in [0.15, 0.2) is 0 Å². The fraction of sp³-hybridized carbons (Fsp3) is 0.706. The number of rotatable bonds is 9. The maximum absolute atomic E-state index is 10.8. The molecule has 0 aromatic carbocycles. The van der Waals surface area contributed by atoms with Gasteiger partial charge >= 0.3 is 5.97 Å². The van der Waals surface area contributed by atoms with Crippen LogP contribution in [-0.2, 0) is 19.0 Å². The molecule has 0 aromatic heterocycles. The molecule has 0 aliphatic rings. The summed E-state index contributed by atoms with van der Waals surface area (Å²) in [7, 11) is 0. The van der Waals surface area contributed by atoms with Crippen molar-refractivity contribution in [2.45, 2.75) is 60.5 Å². The standard InChI is InChI=1S/C13H22O4.2C2H6/c1-6-12(14)16-8-7-13(4,5)17-10-9-15-11(2)3;2*1-2/h6H,1-2,7-10H2,3-5H3;2*1-2H3. The van der Waals surface area contributed by atoms with Crippen molar-refractivity contribution >= 4 is 5.97 Å². The molecule has 0 radical (unpaired) electrons. The summed E-state index contributed by atoms with van der Waals surface area (Å²) in [5.41, 5.74) is -0.347. The maximum atomic E-state index is 10.8. The average molecular weight is 302 g/mol. The highest BCUT2D eigenvalue weighted by Crippen LogP contribution is 2.14. The molecular formula is C17H34O4. The van der Waals surface area contributed by atoms with Gasteiger partial charge in [0.05, 0.1) is 24.6 Å². The Morgan fingerprint density at radius 1 is 1.05 bits per heavy atom. The third kappa shape index (κ3) is 21.2. The average Bonchev–Trinajstić information content (AvgIpc) is 2.47. The van der Waals surface area contributed by atoms with Crippen LogP contribution < -0.4 is 0 Å². The number of allylic oxidation sites excluding steroid dienone is 1. The fourth-order valence-electron chi connectivity index (χ4n) is 1.06. The lowest BCUT2D eigenvalue weighted by Crippen LogP contribution is -2.28. The first kappa shape index (κ1) is 24.7. The van der Waals surface area contributed by atoms with Crippen LogP contribution in [0.1, 0.15) is 54.9 Å². The molecule has 0 amide bonds. The number of carbonyl (C=O) groups is 1. The third-order valence-electron chi connectivity index (χ3n) is 2.04. The molecule has 0 fully saturated rings. The van der Waals surface area contributed by atoms with E-state index in [1.165, 1.54) is 0 Å². The molecule has 0 aliphatic heterocycles. The maximum Gasteiger partial charge on any atom is 0.330 e. The van der Waals surface area contributed by atoms with Gasteiger partial charge in [-0.15, -0.1) is 0 Å². The van der Waals surface area contributed by atoms with Crippen LogP contribution in [0.25, 0.3) is 0 Å². The van der Waals surface area contributed by atoms with E-state index in [2.05, 4.69) is 13.2 Å². The molecule has 0 bridgehead atoms. The highest BCUT2D eigenvalue weighted by atomic mass is 16.5. The van der Waals surface area contributed by atoms with Crippen molar-refractivity contribution < 1.29 is 19.0 Å². The van der Waals surface area contributed by atoms with Gasteiger partial charge in [0, 0.05) is 12.5 Å². The van der Waals surface area contributed by atoms with Crippen LogP contribution in [0, 0.1) is 0 Å². The zero-order valence-corrected chi connectivity index (χ0v) is 15.0. The summed E-state index contributed by atoms with van der Waals surface area (Å²) in [5.74, 6) is 0.262. The molecule has 0 N–H and O–H groups in total. The predicted octanol–water partition coefficient (Wildman–Crippen LogP) is 4.50. The van der Waals surface area contributed by atoms with Crippen LogP contribution in [0.4, 0.5) is 0 Å². The zero-order chi connectivity index (χ0) is 17.3. The van der Waals surface area contributed by atoms with Crippen molar-refractivity contribution in [3.63, 3.8) is 0 Å². The van der Waals surface area contributed by atoms with E-state index >= 15 is 0 Å². The van der Waals surface area contributed by atoms with E-state index in [-0.39, 0.29) is 5.60 Å². The van der Waals surface area contributed by atoms with Gasteiger partial charge in [-0.25, -0.2) is 4.79 Å². The topological polar surface area (TPSA) is 44.8 Å². The molecule has 4 heteroatoms. The second-order valence-electron chi connectivity index (χ2n) is 4.28. The third-order valence-corrected chi connectivity index (χ3v) is 2.04. The number of ether oxygens (including phenoxy) is 3. The summed E-state index contributed by atoms with van der Waals surface area (Å²) < 4.78 is 15.7. The molecule has 0 atom stereocenters. The molecule has 21 heavy (non-hydrogen) atoms. The van der Waals surface area contributed by atoms with E-state index in [0.29, 0.717) is 32.0 Å². The van der Waals surface area contributed by atoms with Gasteiger partial charge in [-0.1, -0.05) is 40.9 Å². The van der Waals surface area contributed by atoms with Crippen LogP contribution in [0.3, 0.4) is 0 Å². The van der Waals surface area contributed by atoms with Crippen LogP contribution >= 0.6 is 0 Å². The van der Waals surface area contributed by atoms with E-state index in [0.717, 1.165) is 6.08 Å². The van der Waals surface area contributed by atoms with Crippen LogP contribution in [0.5, 0.6) is 0 Å². The first-order chi connectivity index (χ1) is 9.87. The SMILES string of the molecule is C=CC(=O)OCCC(C)(C)OCCOC(=C)C.CC.CC. The van der Waals surface area contributed by atoms with Crippen molar-refractivity contribution in [1.82, 2.24) is 0 Å². The molecular weight excluding hydrogens is 268 g/mol. The lowest BCUT2D eigenvalue weighted by atomic mass is 10.1. The van der Waals surface area contributed by atoms with E-state index in [1.807, 2.05) is 41.5 Å². The number of carbonyl (C=O) groups excluding carboxylic acids is 1. The zero-order valence-electron chi connectivity index (χ0n) is 15.0. The summed E-state index contributed by atoms with van der Waals surface area (Å²) in [6, 6.07) is 0. The van der Waals surface area contributed by atoms with Gasteiger partial charge in [-0.2, -0.15) is 0 Å². The summed E-state index contributed by atoms with van der Waals surface area (Å²) in [6.07, 6.45) is 1.77. The minimum atomic E-state index is -0.411. The van der Waals surface area contributed by atoms with Crippen LogP contribution in [-0.4, -0.2) is 31.4 Å². The lowest BCUT2D eigenvalue weighted by Gasteiger charge is -2.25. The summed E-state index contributed by atoms with van der Waals surface area (Å²) in [6.45, 7) is 21.9. The molecule has 0 saturated carbocycles. The summed E-state index contributed by atoms with van der Waals surface area (Å²) in [5, 5.41) is 0. The number of esters is 1. The molecule has 0 spiro atoms. The van der Waals surface area contributed by atoms with E-state index < -0.39 is 5.97 Å². The Balaban J connectivity index is -0.000000739. The molecule has 0 rings (SSSR count). The quantitative estimate of drug-likeness (QED) is 0.272. The molecule has 4 nitrogen and oxygen atoms in total. The Morgan fingerprint density at radius 2 is 1.57 bits per heavy atom. The minimum absolute atomic E-state index is 0.319. The van der Waals surface area contributed by atoms with Crippen molar-refractivity contribution in [2.75, 3.05) is 19.8 Å². The second kappa shape index (κ2) is 16.8. The molecule has 126 valence electrons. The lowest BCUT2D eigenvalue weighted by molar-refractivity contribution is -0.139. The Hall–Kier alpha value is -1.29. The molecule has 0 saturated heterocycles. The minimum Gasteiger partial charge on any atom is -0.496 e. The number of hydrogen-bond acceptors (Lipinski definition) is 4. The Bertz CT molecular complexity index is 270. The number of hydrogen-bond donors (Lipinski definition) is 0. The van der Waals surface area contributed by atoms with Gasteiger partial charge < -0.3 is 14.2 Å². The molecule has 0 unspecified atom stereocenters. The van der Waals surface area contributed by atoms with Crippen molar-refractivity contribution in [2.24, 2.45) is 0 Å². The largest absolute Gasteiger partial charge is 0.496 e. The van der Waals surface area contributed by atoms with Crippen molar-refractivity contribution in [3.05, 3.63) is 25.0 Å². The molecule has 0 aliphatic carbocycles. The fourth-order valence-corrected chi connectivity index (χ4v) is 1.06. The van der Waals surface area contributed by atoms with Gasteiger partial charge in [-0.3, -0.25) is 0 Å². The predicted molar refractivity (Wildman–Crippen MR) is 89.3 cm³/mol. The Morgan fingerprint density at radius 3 is 2.00 bits per heavy atom. The summed E-state index contributed by atoms with van der Waals surface area (Å²) >= 11 is 0. The summed E-state index contributed by atoms with van der Waals surface area (Å²) in [4.78, 5) is 10.8. The highest BCUT2D eigenvalue weighted by Gasteiger charge is 2.18. The van der Waals surface area contributed by atoms with Gasteiger partial charge in [0.25, 0.3) is 0 Å².